The van der Waals surface area contributed by atoms with Crippen LogP contribution < -0.4 is 0 Å². The maximum Gasteiger partial charge on any atom is 0.160 e. The van der Waals surface area contributed by atoms with Crippen molar-refractivity contribution in [2.75, 3.05) is 0 Å². The summed E-state index contributed by atoms with van der Waals surface area (Å²) in [6.45, 7) is 0. The molecule has 5 nitrogen and oxygen atoms in total. The molecular formula is C59H37N5. The quantitative estimate of drug-likeness (QED) is 0.161. The highest BCUT2D eigenvalue weighted by Crippen LogP contribution is 2.47. The highest BCUT2D eigenvalue weighted by molar-refractivity contribution is 6.26. The molecule has 12 aromatic rings. The maximum atomic E-state index is 10.7. The third-order valence-electron chi connectivity index (χ3n) is 12.4. The molecule has 0 saturated carbocycles. The molecule has 64 heavy (non-hydrogen) atoms. The van der Waals surface area contributed by atoms with Gasteiger partial charge >= 0.3 is 0 Å². The van der Waals surface area contributed by atoms with Gasteiger partial charge in [0.25, 0.3) is 0 Å². The van der Waals surface area contributed by atoms with Gasteiger partial charge in [0.15, 0.2) is 5.82 Å². The lowest BCUT2D eigenvalue weighted by Gasteiger charge is -2.21. The van der Waals surface area contributed by atoms with Gasteiger partial charge in [-0.25, -0.2) is 9.97 Å². The molecule has 5 heteroatoms. The highest BCUT2D eigenvalue weighted by Gasteiger charge is 2.26. The van der Waals surface area contributed by atoms with Crippen molar-refractivity contribution >= 4 is 43.6 Å². The van der Waals surface area contributed by atoms with Crippen molar-refractivity contribution in [2.45, 2.75) is 0 Å². The second-order valence-electron chi connectivity index (χ2n) is 16.0. The average Bonchev–Trinajstić information content (AvgIpc) is 3.89. The Morgan fingerprint density at radius 2 is 0.828 bits per heavy atom. The third-order valence-corrected chi connectivity index (χ3v) is 12.4. The summed E-state index contributed by atoms with van der Waals surface area (Å²) < 4.78 is 4.90. The van der Waals surface area contributed by atoms with Gasteiger partial charge in [0, 0.05) is 55.0 Å². The Morgan fingerprint density at radius 3 is 1.36 bits per heavy atom. The molecule has 0 saturated heterocycles. The van der Waals surface area contributed by atoms with Gasteiger partial charge in [-0.3, -0.25) is 0 Å². The van der Waals surface area contributed by atoms with E-state index in [1.807, 2.05) is 60.7 Å². The number of hydrogen-bond acceptors (Lipinski definition) is 3. The molecule has 0 atom stereocenters. The summed E-state index contributed by atoms with van der Waals surface area (Å²) in [5, 5.41) is 15.5. The molecule has 0 radical (unpaired) electrons. The minimum Gasteiger partial charge on any atom is -0.309 e. The number of nitrogens with zero attached hydrogens (tertiary/aromatic N) is 5. The second-order valence-corrected chi connectivity index (χ2v) is 16.0. The van der Waals surface area contributed by atoms with Crippen LogP contribution in [-0.4, -0.2) is 19.1 Å². The van der Waals surface area contributed by atoms with Crippen molar-refractivity contribution in [3.8, 4) is 73.6 Å². The lowest BCUT2D eigenvalue weighted by atomic mass is 9.92. The van der Waals surface area contributed by atoms with E-state index in [1.165, 1.54) is 32.6 Å². The van der Waals surface area contributed by atoms with Gasteiger partial charge in [0.05, 0.1) is 39.1 Å². The van der Waals surface area contributed by atoms with E-state index in [4.69, 9.17) is 9.97 Å². The van der Waals surface area contributed by atoms with E-state index in [2.05, 4.69) is 179 Å². The monoisotopic (exact) mass is 815 g/mol. The van der Waals surface area contributed by atoms with Crippen molar-refractivity contribution < 1.29 is 0 Å². The molecule has 0 aliphatic carbocycles. The summed E-state index contributed by atoms with van der Waals surface area (Å²) in [5.74, 6) is 0.536. The minimum absolute atomic E-state index is 0.439. The van der Waals surface area contributed by atoms with Crippen LogP contribution in [0.2, 0.25) is 0 Å². The first-order valence-electron chi connectivity index (χ1n) is 21.5. The predicted octanol–water partition coefficient (Wildman–Crippen LogP) is 14.9. The number of nitriles is 1. The van der Waals surface area contributed by atoms with E-state index in [-0.39, 0.29) is 0 Å². The molecule has 0 aliphatic heterocycles. The van der Waals surface area contributed by atoms with E-state index in [1.54, 1.807) is 0 Å². The first kappa shape index (κ1) is 37.0. The van der Waals surface area contributed by atoms with Gasteiger partial charge in [-0.05, 0) is 53.6 Å². The Hall–Kier alpha value is -8.85. The largest absolute Gasteiger partial charge is 0.309 e. The van der Waals surface area contributed by atoms with Crippen molar-refractivity contribution in [3.05, 3.63) is 230 Å². The summed E-state index contributed by atoms with van der Waals surface area (Å²) in [6.07, 6.45) is 0. The van der Waals surface area contributed by atoms with Crippen molar-refractivity contribution in [1.82, 2.24) is 19.1 Å². The van der Waals surface area contributed by atoms with Crippen molar-refractivity contribution in [3.63, 3.8) is 0 Å². The molecule has 3 heterocycles. The number of fused-ring (bicyclic) bond motifs is 7. The second kappa shape index (κ2) is 15.3. The Bertz CT molecular complexity index is 3630. The van der Waals surface area contributed by atoms with Crippen LogP contribution in [0.1, 0.15) is 5.56 Å². The normalized spacial score (nSPS) is 11.4. The Kier molecular flexibility index (Phi) is 8.81. The standard InChI is InChI=1S/C59H37N5/c60-38-50-55(41-24-10-3-11-25-41)61-59(62-56(50)42-26-12-4-13-27-42)43-36-48(39-20-6-1-7-21-39)57(49(37-43)40-22-8-2-9-23-40)64-52-33-19-17-31-47(52)54-53(64)35-34-46-45-30-16-18-32-51(45)63(58(46)54)44-28-14-5-15-29-44/h1-37H. The highest BCUT2D eigenvalue weighted by atomic mass is 15.0. The molecule has 298 valence electrons. The molecule has 3 aromatic heterocycles. The SMILES string of the molecule is N#Cc1c(-c2ccccc2)nc(-c2cc(-c3ccccc3)c(-n3c4ccccc4c4c3ccc3c5ccccc5n(-c5ccccc5)c34)c(-c3ccccc3)c2)nc1-c1ccccc1. The molecule has 9 aromatic carbocycles. The maximum absolute atomic E-state index is 10.7. The van der Waals surface area contributed by atoms with Crippen LogP contribution in [0.4, 0.5) is 0 Å². The summed E-state index contributed by atoms with van der Waals surface area (Å²) in [6, 6.07) is 80.9. The predicted molar refractivity (Wildman–Crippen MR) is 263 cm³/mol. The number of aromatic nitrogens is 4. The van der Waals surface area contributed by atoms with E-state index < -0.39 is 0 Å². The zero-order valence-corrected chi connectivity index (χ0v) is 34.6. The zero-order chi connectivity index (χ0) is 42.6. The van der Waals surface area contributed by atoms with Crippen LogP contribution >= 0.6 is 0 Å². The van der Waals surface area contributed by atoms with Gasteiger partial charge < -0.3 is 9.13 Å². The van der Waals surface area contributed by atoms with Gasteiger partial charge in [-0.1, -0.05) is 182 Å². The van der Waals surface area contributed by atoms with Crippen LogP contribution in [0.3, 0.4) is 0 Å². The average molecular weight is 816 g/mol. The summed E-state index contributed by atoms with van der Waals surface area (Å²) in [7, 11) is 0. The fourth-order valence-corrected chi connectivity index (χ4v) is 9.58. The van der Waals surface area contributed by atoms with E-state index in [0.29, 0.717) is 22.8 Å². The van der Waals surface area contributed by atoms with Crippen molar-refractivity contribution in [1.29, 1.82) is 5.26 Å². The van der Waals surface area contributed by atoms with Crippen LogP contribution in [0, 0.1) is 11.3 Å². The number of rotatable bonds is 7. The molecule has 0 unspecified atom stereocenters. The first-order chi connectivity index (χ1) is 31.7. The molecule has 0 spiro atoms. The molecule has 0 aliphatic rings. The smallest absolute Gasteiger partial charge is 0.160 e. The van der Waals surface area contributed by atoms with Crippen molar-refractivity contribution in [2.24, 2.45) is 0 Å². The number of para-hydroxylation sites is 3. The van der Waals surface area contributed by atoms with E-state index >= 15 is 0 Å². The molecular weight excluding hydrogens is 779 g/mol. The van der Waals surface area contributed by atoms with Gasteiger partial charge in [-0.15, -0.1) is 0 Å². The zero-order valence-electron chi connectivity index (χ0n) is 34.6. The summed E-state index contributed by atoms with van der Waals surface area (Å²) in [5.41, 5.74) is 15.1. The van der Waals surface area contributed by atoms with E-state index in [0.717, 1.165) is 61.4 Å². The molecule has 0 fully saturated rings. The number of hydrogen-bond donors (Lipinski definition) is 0. The van der Waals surface area contributed by atoms with Crippen LogP contribution in [0.15, 0.2) is 224 Å². The van der Waals surface area contributed by atoms with Crippen LogP contribution in [0.25, 0.3) is 111 Å². The molecule has 0 N–H and O–H groups in total. The lowest BCUT2D eigenvalue weighted by molar-refractivity contribution is 1.16. The topological polar surface area (TPSA) is 59.4 Å². The number of benzene rings is 9. The summed E-state index contributed by atoms with van der Waals surface area (Å²) in [4.78, 5) is 10.6. The lowest BCUT2D eigenvalue weighted by Crippen LogP contribution is -2.04. The van der Waals surface area contributed by atoms with Gasteiger partial charge in [0.2, 0.25) is 0 Å². The third kappa shape index (κ3) is 5.93. The van der Waals surface area contributed by atoms with Gasteiger partial charge in [-0.2, -0.15) is 5.26 Å². The first-order valence-corrected chi connectivity index (χ1v) is 21.5. The Morgan fingerprint density at radius 1 is 0.375 bits per heavy atom. The molecule has 12 rings (SSSR count). The summed E-state index contributed by atoms with van der Waals surface area (Å²) >= 11 is 0. The fraction of sp³-hybridized carbons (Fsp3) is 0. The van der Waals surface area contributed by atoms with E-state index in [9.17, 15) is 5.26 Å². The van der Waals surface area contributed by atoms with Crippen LogP contribution in [0.5, 0.6) is 0 Å². The Balaban J connectivity index is 1.23. The minimum atomic E-state index is 0.439. The fourth-order valence-electron chi connectivity index (χ4n) is 9.58. The molecule has 0 amide bonds. The molecule has 0 bridgehead atoms. The Labute approximate surface area is 370 Å². The van der Waals surface area contributed by atoms with Crippen LogP contribution in [-0.2, 0) is 0 Å². The van der Waals surface area contributed by atoms with Gasteiger partial charge in [0.1, 0.15) is 11.6 Å².